The summed E-state index contributed by atoms with van der Waals surface area (Å²) in [6.07, 6.45) is -3.21. The van der Waals surface area contributed by atoms with Crippen molar-refractivity contribution in [2.75, 3.05) is 25.0 Å². The minimum absolute atomic E-state index is 0.568. The standard InChI is InChI=1S/C13H18BrF3N2/c1-3-6-18-8-10-4-5-11(14)7-12(10)19(2)9-13(15,16)17/h4-5,7,18H,3,6,8-9H2,1-2H3. The van der Waals surface area contributed by atoms with Gasteiger partial charge in [-0.05, 0) is 30.7 Å². The van der Waals surface area contributed by atoms with E-state index >= 15 is 0 Å². The summed E-state index contributed by atoms with van der Waals surface area (Å²) >= 11 is 3.30. The van der Waals surface area contributed by atoms with Crippen LogP contribution >= 0.6 is 15.9 Å². The van der Waals surface area contributed by atoms with Gasteiger partial charge >= 0.3 is 6.18 Å². The predicted octanol–water partition coefficient (Wildman–Crippen LogP) is 3.95. The number of nitrogens with one attached hydrogen (secondary N) is 1. The highest BCUT2D eigenvalue weighted by molar-refractivity contribution is 9.10. The number of benzene rings is 1. The number of nitrogens with zero attached hydrogens (tertiary/aromatic N) is 1. The number of alkyl halides is 3. The Kier molecular flexibility index (Phi) is 6.13. The summed E-state index contributed by atoms with van der Waals surface area (Å²) in [5.41, 5.74) is 1.46. The Morgan fingerprint density at radius 2 is 2.00 bits per heavy atom. The largest absolute Gasteiger partial charge is 0.405 e. The molecule has 0 radical (unpaired) electrons. The van der Waals surface area contributed by atoms with Crippen molar-refractivity contribution in [3.05, 3.63) is 28.2 Å². The monoisotopic (exact) mass is 338 g/mol. The van der Waals surface area contributed by atoms with Gasteiger partial charge in [0.25, 0.3) is 0 Å². The van der Waals surface area contributed by atoms with Crippen LogP contribution in [0.2, 0.25) is 0 Å². The zero-order chi connectivity index (χ0) is 14.5. The molecule has 0 saturated carbocycles. The Hall–Kier alpha value is -0.750. The summed E-state index contributed by atoms with van der Waals surface area (Å²) in [4.78, 5) is 1.23. The molecule has 0 spiro atoms. The third kappa shape index (κ3) is 5.82. The molecular formula is C13H18BrF3N2. The molecule has 2 nitrogen and oxygen atoms in total. The van der Waals surface area contributed by atoms with Gasteiger partial charge in [0, 0.05) is 23.8 Å². The van der Waals surface area contributed by atoms with Gasteiger partial charge < -0.3 is 10.2 Å². The van der Waals surface area contributed by atoms with E-state index in [1.54, 1.807) is 6.07 Å². The summed E-state index contributed by atoms with van der Waals surface area (Å²) in [7, 11) is 1.46. The number of rotatable bonds is 6. The Bertz CT molecular complexity index is 407. The van der Waals surface area contributed by atoms with Gasteiger partial charge in [0.15, 0.2) is 0 Å². The van der Waals surface area contributed by atoms with Gasteiger partial charge in [-0.2, -0.15) is 13.2 Å². The van der Waals surface area contributed by atoms with E-state index in [1.807, 2.05) is 19.1 Å². The molecule has 1 aromatic rings. The van der Waals surface area contributed by atoms with Gasteiger partial charge in [-0.25, -0.2) is 0 Å². The molecule has 0 aromatic heterocycles. The van der Waals surface area contributed by atoms with Crippen molar-refractivity contribution in [1.82, 2.24) is 5.32 Å². The van der Waals surface area contributed by atoms with Crippen LogP contribution in [0.3, 0.4) is 0 Å². The van der Waals surface area contributed by atoms with Crippen LogP contribution in [0.15, 0.2) is 22.7 Å². The van der Waals surface area contributed by atoms with E-state index in [4.69, 9.17) is 0 Å². The smallest absolute Gasteiger partial charge is 0.365 e. The minimum Gasteiger partial charge on any atom is -0.365 e. The first-order valence-electron chi connectivity index (χ1n) is 6.10. The fraction of sp³-hybridized carbons (Fsp3) is 0.538. The lowest BCUT2D eigenvalue weighted by atomic mass is 10.1. The van der Waals surface area contributed by atoms with Gasteiger partial charge in [0.05, 0.1) is 0 Å². The highest BCUT2D eigenvalue weighted by Crippen LogP contribution is 2.27. The molecule has 0 unspecified atom stereocenters. The van der Waals surface area contributed by atoms with Crippen LogP contribution in [0, 0.1) is 0 Å². The molecule has 1 N–H and O–H groups in total. The molecule has 0 fully saturated rings. The lowest BCUT2D eigenvalue weighted by molar-refractivity contribution is -0.119. The Labute approximate surface area is 120 Å². The van der Waals surface area contributed by atoms with Crippen LogP contribution in [0.5, 0.6) is 0 Å². The molecular weight excluding hydrogens is 321 g/mol. The average Bonchev–Trinajstić information content (AvgIpc) is 2.29. The van der Waals surface area contributed by atoms with Gasteiger partial charge in [0.1, 0.15) is 6.54 Å². The molecule has 1 rings (SSSR count). The van der Waals surface area contributed by atoms with E-state index in [0.717, 1.165) is 23.0 Å². The Morgan fingerprint density at radius 3 is 2.58 bits per heavy atom. The SMILES string of the molecule is CCCNCc1ccc(Br)cc1N(C)CC(F)(F)F. The van der Waals surface area contributed by atoms with E-state index in [-0.39, 0.29) is 0 Å². The molecule has 1 aromatic carbocycles. The number of hydrogen-bond acceptors (Lipinski definition) is 2. The number of hydrogen-bond donors (Lipinski definition) is 1. The summed E-state index contributed by atoms with van der Waals surface area (Å²) in [5.74, 6) is 0. The molecule has 0 aliphatic rings. The Morgan fingerprint density at radius 1 is 1.32 bits per heavy atom. The van der Waals surface area contributed by atoms with Gasteiger partial charge in [-0.3, -0.25) is 0 Å². The van der Waals surface area contributed by atoms with Crippen LogP contribution < -0.4 is 10.2 Å². The zero-order valence-electron chi connectivity index (χ0n) is 11.0. The van der Waals surface area contributed by atoms with Gasteiger partial charge in [-0.15, -0.1) is 0 Å². The van der Waals surface area contributed by atoms with E-state index in [1.165, 1.54) is 11.9 Å². The molecule has 0 aliphatic carbocycles. The fourth-order valence-corrected chi connectivity index (χ4v) is 2.14. The molecule has 0 atom stereocenters. The molecule has 0 bridgehead atoms. The number of halogens is 4. The van der Waals surface area contributed by atoms with Crippen molar-refractivity contribution in [2.24, 2.45) is 0 Å². The lowest BCUT2D eigenvalue weighted by Gasteiger charge is -2.24. The molecule has 0 aliphatic heterocycles. The lowest BCUT2D eigenvalue weighted by Crippen LogP contribution is -2.32. The molecule has 0 heterocycles. The quantitative estimate of drug-likeness (QED) is 0.790. The van der Waals surface area contributed by atoms with Crippen LogP contribution in [0.1, 0.15) is 18.9 Å². The van der Waals surface area contributed by atoms with Crippen LogP contribution in [0.4, 0.5) is 18.9 Å². The van der Waals surface area contributed by atoms with E-state index in [9.17, 15) is 13.2 Å². The maximum absolute atomic E-state index is 12.5. The van der Waals surface area contributed by atoms with Crippen molar-refractivity contribution < 1.29 is 13.2 Å². The maximum Gasteiger partial charge on any atom is 0.405 e. The van der Waals surface area contributed by atoms with Crippen LogP contribution in [0.25, 0.3) is 0 Å². The second kappa shape index (κ2) is 7.14. The van der Waals surface area contributed by atoms with E-state index < -0.39 is 12.7 Å². The summed E-state index contributed by atoms with van der Waals surface area (Å²) < 4.78 is 38.2. The molecule has 6 heteroatoms. The van der Waals surface area contributed by atoms with Gasteiger partial charge in [-0.1, -0.05) is 28.9 Å². The molecule has 0 amide bonds. The first-order chi connectivity index (χ1) is 8.83. The predicted molar refractivity (Wildman–Crippen MR) is 75.5 cm³/mol. The number of anilines is 1. The van der Waals surface area contributed by atoms with Crippen molar-refractivity contribution in [2.45, 2.75) is 26.1 Å². The van der Waals surface area contributed by atoms with Gasteiger partial charge in [0.2, 0.25) is 0 Å². The second-order valence-electron chi connectivity index (χ2n) is 4.42. The third-order valence-corrected chi connectivity index (χ3v) is 3.11. The summed E-state index contributed by atoms with van der Waals surface area (Å²) in [5, 5.41) is 3.21. The highest BCUT2D eigenvalue weighted by atomic mass is 79.9. The molecule has 108 valence electrons. The first kappa shape index (κ1) is 16.3. The minimum atomic E-state index is -4.20. The summed E-state index contributed by atoms with van der Waals surface area (Å²) in [6.45, 7) is 2.51. The maximum atomic E-state index is 12.5. The first-order valence-corrected chi connectivity index (χ1v) is 6.90. The highest BCUT2D eigenvalue weighted by Gasteiger charge is 2.30. The molecule has 19 heavy (non-hydrogen) atoms. The second-order valence-corrected chi connectivity index (χ2v) is 5.34. The topological polar surface area (TPSA) is 15.3 Å². The fourth-order valence-electron chi connectivity index (χ4n) is 1.80. The van der Waals surface area contributed by atoms with Crippen LogP contribution in [-0.2, 0) is 6.54 Å². The average molecular weight is 339 g/mol. The van der Waals surface area contributed by atoms with E-state index in [2.05, 4.69) is 21.2 Å². The molecule has 0 saturated heterocycles. The van der Waals surface area contributed by atoms with Crippen LogP contribution in [-0.4, -0.2) is 26.3 Å². The van der Waals surface area contributed by atoms with E-state index in [0.29, 0.717) is 12.2 Å². The van der Waals surface area contributed by atoms with Crippen molar-refractivity contribution >= 4 is 21.6 Å². The van der Waals surface area contributed by atoms with Crippen molar-refractivity contribution in [3.63, 3.8) is 0 Å². The summed E-state index contributed by atoms with van der Waals surface area (Å²) in [6, 6.07) is 5.40. The zero-order valence-corrected chi connectivity index (χ0v) is 12.6. The Balaban J connectivity index is 2.86. The third-order valence-electron chi connectivity index (χ3n) is 2.62. The normalized spacial score (nSPS) is 11.7. The van der Waals surface area contributed by atoms with Crippen molar-refractivity contribution in [3.8, 4) is 0 Å². The van der Waals surface area contributed by atoms with Crippen molar-refractivity contribution in [1.29, 1.82) is 0 Å².